The number of benzene rings is 1. The molecule has 0 aliphatic heterocycles. The number of carbonyl (C=O) groups excluding carboxylic acids is 1. The maximum Gasteiger partial charge on any atom is 0.220 e. The fourth-order valence-corrected chi connectivity index (χ4v) is 1.77. The normalized spacial score (nSPS) is 12.1. The molecule has 1 aromatic rings. The van der Waals surface area contributed by atoms with Gasteiger partial charge in [0.2, 0.25) is 5.91 Å². The molecule has 0 aromatic heterocycles. The molecule has 0 fully saturated rings. The van der Waals surface area contributed by atoms with Gasteiger partial charge >= 0.3 is 0 Å². The van der Waals surface area contributed by atoms with Gasteiger partial charge in [0, 0.05) is 18.7 Å². The zero-order valence-electron chi connectivity index (χ0n) is 10.9. The highest BCUT2D eigenvalue weighted by atomic mass is 16.3. The Kier molecular flexibility index (Phi) is 6.22. The molecular formula is C14H22N2O2. The highest BCUT2D eigenvalue weighted by Crippen LogP contribution is 2.12. The molecule has 0 aliphatic carbocycles. The first kappa shape index (κ1) is 14.5. The number of rotatable bonds is 7. The fourth-order valence-electron chi connectivity index (χ4n) is 1.77. The largest absolute Gasteiger partial charge is 0.399 e. The van der Waals surface area contributed by atoms with Crippen LogP contribution in [0.5, 0.6) is 0 Å². The zero-order valence-corrected chi connectivity index (χ0v) is 10.9. The van der Waals surface area contributed by atoms with E-state index in [9.17, 15) is 9.90 Å². The van der Waals surface area contributed by atoms with Crippen molar-refractivity contribution in [3.05, 3.63) is 29.8 Å². The van der Waals surface area contributed by atoms with Gasteiger partial charge in [0.05, 0.1) is 6.10 Å². The van der Waals surface area contributed by atoms with Crippen molar-refractivity contribution < 1.29 is 9.90 Å². The summed E-state index contributed by atoms with van der Waals surface area (Å²) in [7, 11) is 0. The summed E-state index contributed by atoms with van der Waals surface area (Å²) in [5, 5.41) is 12.2. The van der Waals surface area contributed by atoms with Crippen molar-refractivity contribution in [2.45, 2.75) is 38.7 Å². The molecule has 4 N–H and O–H groups in total. The molecule has 0 spiro atoms. The molecule has 4 nitrogen and oxygen atoms in total. The molecule has 1 rings (SSSR count). The van der Waals surface area contributed by atoms with E-state index >= 15 is 0 Å². The Hall–Kier alpha value is -1.55. The Morgan fingerprint density at radius 1 is 1.44 bits per heavy atom. The minimum Gasteiger partial charge on any atom is -0.399 e. The van der Waals surface area contributed by atoms with Gasteiger partial charge in [-0.3, -0.25) is 4.79 Å². The molecule has 1 aromatic carbocycles. The monoisotopic (exact) mass is 250 g/mol. The summed E-state index contributed by atoms with van der Waals surface area (Å²) in [4.78, 5) is 11.6. The number of carbonyl (C=O) groups is 1. The molecule has 18 heavy (non-hydrogen) atoms. The van der Waals surface area contributed by atoms with Crippen LogP contribution < -0.4 is 11.1 Å². The van der Waals surface area contributed by atoms with Crippen LogP contribution in [0.25, 0.3) is 0 Å². The number of nitrogen functional groups attached to an aromatic ring is 1. The second-order valence-corrected chi connectivity index (χ2v) is 4.45. The second kappa shape index (κ2) is 7.71. The van der Waals surface area contributed by atoms with E-state index in [4.69, 9.17) is 5.73 Å². The van der Waals surface area contributed by atoms with Crippen molar-refractivity contribution in [1.82, 2.24) is 5.32 Å². The number of para-hydroxylation sites is 1. The van der Waals surface area contributed by atoms with Crippen molar-refractivity contribution in [3.8, 4) is 0 Å². The van der Waals surface area contributed by atoms with Gasteiger partial charge in [-0.1, -0.05) is 31.5 Å². The van der Waals surface area contributed by atoms with Crippen LogP contribution in [0, 0.1) is 0 Å². The van der Waals surface area contributed by atoms with Gasteiger partial charge in [0.1, 0.15) is 0 Å². The van der Waals surface area contributed by atoms with Crippen molar-refractivity contribution in [2.75, 3.05) is 12.3 Å². The molecule has 0 saturated heterocycles. The summed E-state index contributed by atoms with van der Waals surface area (Å²) in [6.07, 6.45) is 2.21. The number of amides is 1. The van der Waals surface area contributed by atoms with Crippen LogP contribution in [0.1, 0.15) is 31.7 Å². The lowest BCUT2D eigenvalue weighted by Crippen LogP contribution is -2.32. The standard InChI is InChI=1S/C14H22N2O2/c1-2-5-12(17)10-16-14(18)9-8-11-6-3-4-7-13(11)15/h3-4,6-7,12,17H,2,5,8-10,15H2,1H3,(H,16,18). The first-order valence-electron chi connectivity index (χ1n) is 6.41. The topological polar surface area (TPSA) is 75.3 Å². The van der Waals surface area contributed by atoms with Crippen molar-refractivity contribution in [2.24, 2.45) is 0 Å². The summed E-state index contributed by atoms with van der Waals surface area (Å²) < 4.78 is 0. The Labute approximate surface area is 108 Å². The molecule has 0 saturated carbocycles. The molecule has 0 aliphatic rings. The van der Waals surface area contributed by atoms with E-state index in [2.05, 4.69) is 5.32 Å². The highest BCUT2D eigenvalue weighted by molar-refractivity contribution is 5.76. The molecule has 1 unspecified atom stereocenters. The number of hydrogen-bond donors (Lipinski definition) is 3. The number of aryl methyl sites for hydroxylation is 1. The smallest absolute Gasteiger partial charge is 0.220 e. The molecule has 0 radical (unpaired) electrons. The van der Waals surface area contributed by atoms with Gasteiger partial charge in [0.15, 0.2) is 0 Å². The summed E-state index contributed by atoms with van der Waals surface area (Å²) in [6, 6.07) is 7.54. The first-order valence-corrected chi connectivity index (χ1v) is 6.41. The van der Waals surface area contributed by atoms with Crippen LogP contribution in [-0.4, -0.2) is 23.7 Å². The molecule has 4 heteroatoms. The molecular weight excluding hydrogens is 228 g/mol. The molecule has 100 valence electrons. The summed E-state index contributed by atoms with van der Waals surface area (Å²) in [5.74, 6) is -0.0478. The molecule has 1 atom stereocenters. The van der Waals surface area contributed by atoms with Gasteiger partial charge in [-0.05, 0) is 24.5 Å². The van der Waals surface area contributed by atoms with Crippen LogP contribution >= 0.6 is 0 Å². The number of hydrogen-bond acceptors (Lipinski definition) is 3. The van der Waals surface area contributed by atoms with Crippen LogP contribution in [0.15, 0.2) is 24.3 Å². The predicted molar refractivity (Wildman–Crippen MR) is 73.1 cm³/mol. The third-order valence-electron chi connectivity index (χ3n) is 2.83. The quantitative estimate of drug-likeness (QED) is 0.642. The maximum atomic E-state index is 11.6. The Morgan fingerprint density at radius 3 is 2.83 bits per heavy atom. The van der Waals surface area contributed by atoms with Crippen LogP contribution in [0.4, 0.5) is 5.69 Å². The number of aliphatic hydroxyl groups is 1. The van der Waals surface area contributed by atoms with E-state index < -0.39 is 6.10 Å². The van der Waals surface area contributed by atoms with E-state index in [0.29, 0.717) is 25.8 Å². The van der Waals surface area contributed by atoms with E-state index in [0.717, 1.165) is 17.7 Å². The third kappa shape index (κ3) is 5.19. The van der Waals surface area contributed by atoms with Gasteiger partial charge in [-0.25, -0.2) is 0 Å². The summed E-state index contributed by atoms with van der Waals surface area (Å²) >= 11 is 0. The third-order valence-corrected chi connectivity index (χ3v) is 2.83. The van der Waals surface area contributed by atoms with Crippen LogP contribution in [0.2, 0.25) is 0 Å². The molecule has 0 bridgehead atoms. The van der Waals surface area contributed by atoms with Crippen molar-refractivity contribution in [1.29, 1.82) is 0 Å². The van der Waals surface area contributed by atoms with Crippen LogP contribution in [-0.2, 0) is 11.2 Å². The van der Waals surface area contributed by atoms with Gasteiger partial charge < -0.3 is 16.2 Å². The minimum atomic E-state index is -0.444. The minimum absolute atomic E-state index is 0.0478. The Bertz CT molecular complexity index is 380. The Balaban J connectivity index is 2.27. The van der Waals surface area contributed by atoms with Crippen molar-refractivity contribution >= 4 is 11.6 Å². The van der Waals surface area contributed by atoms with Crippen LogP contribution in [0.3, 0.4) is 0 Å². The van der Waals surface area contributed by atoms with Gasteiger partial charge in [-0.2, -0.15) is 0 Å². The molecule has 1 amide bonds. The van der Waals surface area contributed by atoms with Crippen molar-refractivity contribution in [3.63, 3.8) is 0 Å². The lowest BCUT2D eigenvalue weighted by Gasteiger charge is -2.11. The lowest BCUT2D eigenvalue weighted by molar-refractivity contribution is -0.121. The average molecular weight is 250 g/mol. The lowest BCUT2D eigenvalue weighted by atomic mass is 10.1. The SMILES string of the molecule is CCCC(O)CNC(=O)CCc1ccccc1N. The summed E-state index contributed by atoms with van der Waals surface area (Å²) in [5.41, 5.74) is 7.50. The van der Waals surface area contributed by atoms with E-state index in [1.165, 1.54) is 0 Å². The van der Waals surface area contributed by atoms with Gasteiger partial charge in [0.25, 0.3) is 0 Å². The molecule has 0 heterocycles. The second-order valence-electron chi connectivity index (χ2n) is 4.45. The number of nitrogens with one attached hydrogen (secondary N) is 1. The predicted octanol–water partition coefficient (Wildman–Crippen LogP) is 1.48. The average Bonchev–Trinajstić information content (AvgIpc) is 2.36. The van der Waals surface area contributed by atoms with E-state index in [1.54, 1.807) is 0 Å². The van der Waals surface area contributed by atoms with E-state index in [1.807, 2.05) is 31.2 Å². The Morgan fingerprint density at radius 2 is 2.17 bits per heavy atom. The number of anilines is 1. The van der Waals surface area contributed by atoms with Gasteiger partial charge in [-0.15, -0.1) is 0 Å². The fraction of sp³-hybridized carbons (Fsp3) is 0.500. The highest BCUT2D eigenvalue weighted by Gasteiger charge is 2.07. The van der Waals surface area contributed by atoms with E-state index in [-0.39, 0.29) is 5.91 Å². The first-order chi connectivity index (χ1) is 8.63. The number of aliphatic hydroxyl groups excluding tert-OH is 1. The zero-order chi connectivity index (χ0) is 13.4. The summed E-state index contributed by atoms with van der Waals surface area (Å²) in [6.45, 7) is 2.33. The maximum absolute atomic E-state index is 11.6. The number of nitrogens with two attached hydrogens (primary N) is 1.